The quantitative estimate of drug-likeness (QED) is 0.0522. The zero-order chi connectivity index (χ0) is 87.7. The number of aliphatic hydroxyl groups excluding tert-OH is 6. The van der Waals surface area contributed by atoms with E-state index in [1.54, 1.807) is 30.3 Å². The van der Waals surface area contributed by atoms with Crippen LogP contribution in [0.5, 0.6) is 46.0 Å². The molecule has 38 nitrogen and oxygen atoms in total. The van der Waals surface area contributed by atoms with Crippen molar-refractivity contribution in [2.45, 2.75) is 213 Å². The minimum absolute atomic E-state index is 0.0632. The summed E-state index contributed by atoms with van der Waals surface area (Å²) < 4.78 is 52.4. The van der Waals surface area contributed by atoms with E-state index < -0.39 is 269 Å². The number of halogens is 1. The van der Waals surface area contributed by atoms with Crippen molar-refractivity contribution in [3.63, 3.8) is 0 Å². The van der Waals surface area contributed by atoms with Crippen molar-refractivity contribution in [2.75, 3.05) is 13.7 Å². The first kappa shape index (κ1) is 89.3. The first-order valence-electron chi connectivity index (χ1n) is 38.9. The summed E-state index contributed by atoms with van der Waals surface area (Å²) in [6.07, 6.45) is -23.6. The Bertz CT molecular complexity index is 4900. The molecule has 0 unspecified atom stereocenters. The molecule has 0 radical (unpaired) electrons. The summed E-state index contributed by atoms with van der Waals surface area (Å²) in [6.45, 7) is 8.52. The lowest BCUT2D eigenvalue weighted by Crippen LogP contribution is -2.67. The minimum Gasteiger partial charge on any atom is -0.508 e. The van der Waals surface area contributed by atoms with Gasteiger partial charge in [0.05, 0.1) is 54.0 Å². The van der Waals surface area contributed by atoms with Crippen molar-refractivity contribution in [2.24, 2.45) is 23.1 Å². The molecule has 0 saturated carbocycles. The molecular weight excluding hydrogens is 1610 g/mol. The molecule has 8 aliphatic heterocycles. The number of nitrogens with one attached hydrogen (secondary N) is 8. The van der Waals surface area contributed by atoms with Crippen LogP contribution in [0.1, 0.15) is 131 Å². The number of carbonyl (C=O) groups excluding carboxylic acids is 8. The molecule has 8 amide bonds. The number of phenolic OH excluding ortho intramolecular Hbond substituents is 3. The number of aliphatic carboxylic acids is 1. The predicted octanol–water partition coefficient (Wildman–Crippen LogP) is 0.418. The van der Waals surface area contributed by atoms with Gasteiger partial charge < -0.3 is 149 Å². The summed E-state index contributed by atoms with van der Waals surface area (Å²) in [6, 6.07) is 8.90. The molecule has 121 heavy (non-hydrogen) atoms. The number of hydrogen-bond acceptors (Lipinski definition) is 29. The van der Waals surface area contributed by atoms with Gasteiger partial charge in [0, 0.05) is 41.1 Å². The number of carbonyl (C=O) groups is 9. The van der Waals surface area contributed by atoms with Gasteiger partial charge in [0.15, 0.2) is 36.2 Å². The number of primary amides is 1. The topological polar surface area (TPSA) is 604 Å². The molecule has 14 rings (SSSR count). The lowest BCUT2D eigenvalue weighted by molar-refractivity contribution is -0.334. The number of aliphatic hydroxyl groups is 6. The number of ether oxygens (including phenoxy) is 8. The highest BCUT2D eigenvalue weighted by Crippen LogP contribution is 2.50. The van der Waals surface area contributed by atoms with Gasteiger partial charge in [-0.15, -0.1) is 0 Å². The Kier molecular flexibility index (Phi) is 27.2. The summed E-state index contributed by atoms with van der Waals surface area (Å²) in [7, 11) is 1.47. The number of hydrogen-bond donors (Lipinski definition) is 21. The average Bonchev–Trinajstić information content (AvgIpc) is 0.764. The average molecular weight is 1710 g/mol. The highest BCUT2D eigenvalue weighted by Gasteiger charge is 2.54. The molecule has 24 N–H and O–H groups in total. The van der Waals surface area contributed by atoms with E-state index in [1.165, 1.54) is 71.1 Å². The highest BCUT2D eigenvalue weighted by atomic mass is 35.5. The van der Waals surface area contributed by atoms with E-state index in [2.05, 4.69) is 42.5 Å². The first-order valence-corrected chi connectivity index (χ1v) is 39.3. The molecule has 650 valence electrons. The number of benzene rings is 6. The van der Waals surface area contributed by atoms with Crippen molar-refractivity contribution in [1.29, 1.82) is 0 Å². The zero-order valence-electron chi connectivity index (χ0n) is 66.4. The van der Waals surface area contributed by atoms with E-state index in [0.717, 1.165) is 54.1 Å². The van der Waals surface area contributed by atoms with Crippen LogP contribution in [-0.2, 0) is 73.3 Å². The van der Waals surface area contributed by atoms with Gasteiger partial charge in [-0.25, -0.2) is 4.79 Å². The maximum Gasteiger partial charge on any atom is 0.330 e. The summed E-state index contributed by atoms with van der Waals surface area (Å²) in [4.78, 5) is 134. The van der Waals surface area contributed by atoms with E-state index in [-0.39, 0.29) is 58.4 Å². The molecule has 11 bridgehead atoms. The lowest BCUT2D eigenvalue weighted by Gasteiger charge is -2.48. The number of carboxylic acids is 1. The Morgan fingerprint density at radius 1 is 0.669 bits per heavy atom. The molecule has 0 aliphatic carbocycles. The van der Waals surface area contributed by atoms with Crippen LogP contribution in [0, 0.1) is 5.92 Å². The number of carboxylic acid groups (broad SMARTS) is 1. The van der Waals surface area contributed by atoms with Crippen LogP contribution in [-0.4, -0.2) is 227 Å². The van der Waals surface area contributed by atoms with Crippen molar-refractivity contribution >= 4 is 64.8 Å². The number of rotatable bonds is 19. The van der Waals surface area contributed by atoms with Crippen molar-refractivity contribution < 1.29 is 132 Å². The van der Waals surface area contributed by atoms with Crippen LogP contribution in [0.15, 0.2) is 115 Å². The third-order valence-corrected chi connectivity index (χ3v) is 22.4. The Morgan fingerprint density at radius 2 is 1.31 bits per heavy atom. The molecular formula is C82H98ClN11O27. The third kappa shape index (κ3) is 19.7. The smallest absolute Gasteiger partial charge is 0.330 e. The third-order valence-electron chi connectivity index (χ3n) is 22.1. The Morgan fingerprint density at radius 3 is 1.95 bits per heavy atom. The number of likely N-dealkylation sites (N-methyl/N-ethyl adjacent to an activating group) is 1. The van der Waals surface area contributed by atoms with Gasteiger partial charge in [-0.2, -0.15) is 0 Å². The standard InChI is InChI=1S/C82H98ClN11O27/c1-33(2)21-47(87-7)73(106)92-62-64(100)39-16-20-51(45(83)24-39)117-53-26-40-25-52(68(53)121-80-69(66(102)65(101)54(32-95)118-80)120-57-31-82(6,71(104)35(4)115-57)94-72(105)46(84)22-36-11-9-8-10-12-36)116-42-17-13-37(14-18-42)67(119-56-30-81(5,86)70(103)34(3)114-56)63-78(111)91-61(79(112)113)44-27-41(96)28-50(98)58(44)43-23-38(15-19-49(43)97)59(75(108)93-63)90-76(109)60(40)89-74(107)48(29-55(85)99)88-77(62)110/h8-20,23-28,33-35,46-48,54,56-57,59-67,69-71,80,87,95-98,100-104H,21-22,29-32,84,86H2,1-7H3,(H2,85,99)(H,88,110)(H,89,107)(H,90,109)(H,91,111)(H,92,106)(H,93,108)(H,94,105)(H,112,113)/t34-,35-,46-,47+,48-,54+,56-,57-,59+,60+,61-,62+,63-,64+,65+,66-,67+,69+,70-,71-,80-,81-,82-/m0/s1. The fourth-order valence-electron chi connectivity index (χ4n) is 15.6. The molecule has 39 heteroatoms. The summed E-state index contributed by atoms with van der Waals surface area (Å²) in [5.41, 5.74) is 13.9. The summed E-state index contributed by atoms with van der Waals surface area (Å²) >= 11 is 7.19. The fourth-order valence-corrected chi connectivity index (χ4v) is 15.9. The molecule has 3 fully saturated rings. The van der Waals surface area contributed by atoms with E-state index in [4.69, 9.17) is 66.7 Å². The molecule has 0 aromatic heterocycles. The monoisotopic (exact) mass is 1700 g/mol. The maximum absolute atomic E-state index is 16.5. The largest absolute Gasteiger partial charge is 0.508 e. The maximum atomic E-state index is 16.5. The van der Waals surface area contributed by atoms with E-state index >= 15 is 24.0 Å². The normalized spacial score (nSPS) is 30.6. The SMILES string of the molecule is CN[C@H](CC(C)C)C(=O)N[C@H]1C(=O)N[C@@H](CC(N)=O)C(=O)N[C@H]2C(=O)N[C@H]3C(=O)N[C@H](C(=O)N[C@H](C(=O)O)c4cc(O)cc(O)c4-c4cc3ccc4O)[C@H](O[C@H]3C[C@](C)(N)[C@@H](O)[C@H](C)O3)c3ccc(cc3)Oc3cc2cc(c3O[C@@H]2O[C@H](CO)[C@@H](O)[C@H](O)[C@H]2O[C@H]2C[C@](C)(NC(=O)[C@@H](N)Cc3ccccc3)[C@@H](O)[C@H](C)O2)Oc2ccc(cc2Cl)[C@H]1O. The van der Waals surface area contributed by atoms with Crippen LogP contribution in [0.3, 0.4) is 0 Å². The van der Waals surface area contributed by atoms with Gasteiger partial charge in [-0.05, 0) is 136 Å². The van der Waals surface area contributed by atoms with Gasteiger partial charge in [0.2, 0.25) is 59.3 Å². The Hall–Kier alpha value is -10.9. The summed E-state index contributed by atoms with van der Waals surface area (Å²) in [5.74, 6) is -16.5. The van der Waals surface area contributed by atoms with Crippen molar-refractivity contribution in [1.82, 2.24) is 42.5 Å². The van der Waals surface area contributed by atoms with E-state index in [9.17, 15) is 70.2 Å². The molecule has 6 aromatic carbocycles. The molecule has 3 saturated heterocycles. The molecule has 6 aromatic rings. The van der Waals surface area contributed by atoms with Crippen LogP contribution in [0.2, 0.25) is 5.02 Å². The zero-order valence-corrected chi connectivity index (χ0v) is 67.2. The van der Waals surface area contributed by atoms with Crippen LogP contribution >= 0.6 is 11.6 Å². The van der Waals surface area contributed by atoms with Gasteiger partial charge in [-0.3, -0.25) is 38.4 Å². The second-order valence-corrected chi connectivity index (χ2v) is 32.2. The first-order chi connectivity index (χ1) is 57.2. The van der Waals surface area contributed by atoms with Crippen LogP contribution < -0.4 is 73.9 Å². The van der Waals surface area contributed by atoms with Gasteiger partial charge in [0.1, 0.15) is 95.6 Å². The number of aromatic hydroxyl groups is 3. The van der Waals surface area contributed by atoms with Gasteiger partial charge in [-0.1, -0.05) is 80.0 Å². The number of fused-ring (bicyclic) bond motifs is 15. The Balaban J connectivity index is 1.08. The molecule has 0 spiro atoms. The number of phenols is 3. The molecule has 8 heterocycles. The molecule has 8 aliphatic rings. The predicted molar refractivity (Wildman–Crippen MR) is 423 cm³/mol. The fraction of sp³-hybridized carbons (Fsp3) is 0.451. The van der Waals surface area contributed by atoms with E-state index in [1.807, 2.05) is 13.8 Å². The van der Waals surface area contributed by atoms with Crippen molar-refractivity contribution in [3.05, 3.63) is 154 Å². The number of amides is 8. The number of nitrogens with two attached hydrogens (primary N) is 3. The summed E-state index contributed by atoms with van der Waals surface area (Å²) in [5, 5.41) is 137. The van der Waals surface area contributed by atoms with Crippen LogP contribution in [0.25, 0.3) is 11.1 Å². The lowest BCUT2D eigenvalue weighted by atomic mass is 9.84. The minimum atomic E-state index is -2.38. The van der Waals surface area contributed by atoms with E-state index in [0.29, 0.717) is 0 Å². The van der Waals surface area contributed by atoms with Crippen molar-refractivity contribution in [3.8, 4) is 57.1 Å². The second kappa shape index (κ2) is 36.8. The van der Waals surface area contributed by atoms with Gasteiger partial charge >= 0.3 is 5.97 Å². The highest BCUT2D eigenvalue weighted by molar-refractivity contribution is 6.32. The van der Waals surface area contributed by atoms with Gasteiger partial charge in [0.25, 0.3) is 0 Å². The molecule has 23 atom stereocenters. The van der Waals surface area contributed by atoms with Crippen LogP contribution in [0.4, 0.5) is 0 Å². The second-order valence-electron chi connectivity index (χ2n) is 31.8. The Labute approximate surface area is 696 Å².